The van der Waals surface area contributed by atoms with Crippen molar-refractivity contribution in [1.29, 1.82) is 0 Å². The second-order valence-electron chi connectivity index (χ2n) is 9.40. The lowest BCUT2D eigenvalue weighted by atomic mass is 9.60. The molecule has 0 fully saturated rings. The summed E-state index contributed by atoms with van der Waals surface area (Å²) in [5.41, 5.74) is 4.99. The van der Waals surface area contributed by atoms with Crippen molar-refractivity contribution in [1.82, 2.24) is 5.32 Å². The Hall–Kier alpha value is -2.39. The minimum Gasteiger partial charge on any atom is -0.320 e. The molecule has 3 unspecified atom stereocenters. The highest BCUT2D eigenvalue weighted by atomic mass is 35.5. The normalized spacial score (nSPS) is 22.3. The molecule has 1 aliphatic rings. The molecule has 176 valence electrons. The van der Waals surface area contributed by atoms with Gasteiger partial charge in [-0.3, -0.25) is 0 Å². The Morgan fingerprint density at radius 2 is 1.76 bits per heavy atom. The van der Waals surface area contributed by atoms with E-state index in [0.29, 0.717) is 6.42 Å². The molecule has 2 nitrogen and oxygen atoms in total. The molecule has 3 atom stereocenters. The van der Waals surface area contributed by atoms with Crippen LogP contribution in [-0.2, 0) is 11.2 Å². The van der Waals surface area contributed by atoms with E-state index in [-0.39, 0.29) is 11.8 Å². The summed E-state index contributed by atoms with van der Waals surface area (Å²) in [6.07, 6.45) is 5.86. The summed E-state index contributed by atoms with van der Waals surface area (Å²) in [5, 5.41) is 4.73. The predicted molar refractivity (Wildman–Crippen MR) is 144 cm³/mol. The fraction of sp³-hybridized carbons (Fsp3) is 0.300. The van der Waals surface area contributed by atoms with Gasteiger partial charge < -0.3 is 10.1 Å². The quantitative estimate of drug-likeness (QED) is 0.330. The molecule has 3 aromatic carbocycles. The van der Waals surface area contributed by atoms with E-state index in [1.807, 2.05) is 50.4 Å². The summed E-state index contributed by atoms with van der Waals surface area (Å²) >= 11 is 13.0. The fourth-order valence-electron chi connectivity index (χ4n) is 5.29. The predicted octanol–water partition coefficient (Wildman–Crippen LogP) is 7.53. The first-order valence-electron chi connectivity index (χ1n) is 11.9. The first-order valence-corrected chi connectivity index (χ1v) is 12.6. The molecule has 4 rings (SSSR count). The summed E-state index contributed by atoms with van der Waals surface area (Å²) < 4.78 is 0. The average Bonchev–Trinajstić information content (AvgIpc) is 2.84. The van der Waals surface area contributed by atoms with Gasteiger partial charge in [-0.15, -0.1) is 0 Å². The van der Waals surface area contributed by atoms with Crippen LogP contribution >= 0.6 is 23.2 Å². The zero-order chi connectivity index (χ0) is 24.1. The Bertz CT molecular complexity index is 1160. The van der Waals surface area contributed by atoms with Crippen LogP contribution in [0.25, 0.3) is 5.57 Å². The van der Waals surface area contributed by atoms with Crippen LogP contribution in [0.2, 0.25) is 10.0 Å². The molecule has 1 N–H and O–H groups in total. The van der Waals surface area contributed by atoms with Crippen LogP contribution in [0.15, 0.2) is 78.9 Å². The van der Waals surface area contributed by atoms with Crippen LogP contribution < -0.4 is 5.32 Å². The maximum atomic E-state index is 12.9. The average molecular weight is 492 g/mol. The molecule has 0 radical (unpaired) electrons. The molecule has 0 bridgehead atoms. The molecule has 34 heavy (non-hydrogen) atoms. The number of allylic oxidation sites excluding steroid dienone is 2. The Morgan fingerprint density at radius 3 is 2.41 bits per heavy atom. The molecular formula is C30H31Cl2NO. The molecule has 0 saturated carbocycles. The molecule has 0 heterocycles. The van der Waals surface area contributed by atoms with Gasteiger partial charge >= 0.3 is 0 Å². The van der Waals surface area contributed by atoms with Crippen LogP contribution in [0.1, 0.15) is 41.0 Å². The van der Waals surface area contributed by atoms with Crippen molar-refractivity contribution in [3.63, 3.8) is 0 Å². The number of halogens is 2. The topological polar surface area (TPSA) is 29.1 Å². The monoisotopic (exact) mass is 491 g/mol. The van der Waals surface area contributed by atoms with Crippen LogP contribution in [0.3, 0.4) is 0 Å². The van der Waals surface area contributed by atoms with E-state index in [0.717, 1.165) is 46.1 Å². The van der Waals surface area contributed by atoms with Gasteiger partial charge in [0.1, 0.15) is 6.29 Å². The number of aryl methyl sites for hydroxylation is 1. The molecule has 3 aromatic rings. The van der Waals surface area contributed by atoms with Crippen molar-refractivity contribution in [3.05, 3.63) is 111 Å². The van der Waals surface area contributed by atoms with E-state index in [9.17, 15) is 4.79 Å². The maximum Gasteiger partial charge on any atom is 0.130 e. The van der Waals surface area contributed by atoms with Crippen molar-refractivity contribution in [2.24, 2.45) is 11.3 Å². The number of benzene rings is 3. The lowest BCUT2D eigenvalue weighted by Gasteiger charge is -2.43. The lowest BCUT2D eigenvalue weighted by Crippen LogP contribution is -2.39. The third kappa shape index (κ3) is 5.30. The van der Waals surface area contributed by atoms with E-state index >= 15 is 0 Å². The number of hydrogen-bond acceptors (Lipinski definition) is 2. The first-order chi connectivity index (χ1) is 16.5. The van der Waals surface area contributed by atoms with Gasteiger partial charge in [0, 0.05) is 16.0 Å². The molecule has 0 aliphatic heterocycles. The highest BCUT2D eigenvalue weighted by Gasteiger charge is 2.43. The summed E-state index contributed by atoms with van der Waals surface area (Å²) in [4.78, 5) is 12.9. The summed E-state index contributed by atoms with van der Waals surface area (Å²) in [6, 6.07) is 24.6. The van der Waals surface area contributed by atoms with Gasteiger partial charge in [-0.05, 0) is 91.7 Å². The van der Waals surface area contributed by atoms with Gasteiger partial charge in [0.25, 0.3) is 0 Å². The SMILES string of the molecule is CNCCC1CC(c2ccc(Cl)cc2)C(c2ccc(C)cc2Cl)=CC1(C=O)Cc1ccccc1. The summed E-state index contributed by atoms with van der Waals surface area (Å²) in [5.74, 6) is 0.314. The number of rotatable bonds is 8. The Morgan fingerprint density at radius 1 is 1.03 bits per heavy atom. The third-order valence-corrected chi connectivity index (χ3v) is 7.67. The number of hydrogen-bond donors (Lipinski definition) is 1. The molecule has 0 saturated heterocycles. The Labute approximate surface area is 213 Å². The molecule has 0 amide bonds. The Kier molecular flexibility index (Phi) is 7.93. The van der Waals surface area contributed by atoms with Crippen LogP contribution in [0.5, 0.6) is 0 Å². The molecular weight excluding hydrogens is 461 g/mol. The zero-order valence-electron chi connectivity index (χ0n) is 19.7. The van der Waals surface area contributed by atoms with E-state index in [1.54, 1.807) is 0 Å². The van der Waals surface area contributed by atoms with Crippen molar-refractivity contribution < 1.29 is 4.79 Å². The molecule has 0 aromatic heterocycles. The van der Waals surface area contributed by atoms with Crippen molar-refractivity contribution >= 4 is 35.1 Å². The van der Waals surface area contributed by atoms with Gasteiger partial charge in [-0.1, -0.05) is 83.9 Å². The summed E-state index contributed by atoms with van der Waals surface area (Å²) in [7, 11) is 1.96. The van der Waals surface area contributed by atoms with E-state index in [2.05, 4.69) is 47.8 Å². The van der Waals surface area contributed by atoms with Crippen LogP contribution in [-0.4, -0.2) is 19.9 Å². The van der Waals surface area contributed by atoms with Gasteiger partial charge in [0.15, 0.2) is 0 Å². The second-order valence-corrected chi connectivity index (χ2v) is 10.2. The number of nitrogens with one attached hydrogen (secondary N) is 1. The highest BCUT2D eigenvalue weighted by Crippen LogP contribution is 2.52. The van der Waals surface area contributed by atoms with Crippen molar-refractivity contribution in [2.75, 3.05) is 13.6 Å². The van der Waals surface area contributed by atoms with Gasteiger partial charge in [-0.25, -0.2) is 0 Å². The van der Waals surface area contributed by atoms with Crippen LogP contribution in [0, 0.1) is 18.3 Å². The number of aldehydes is 1. The smallest absolute Gasteiger partial charge is 0.130 e. The van der Waals surface area contributed by atoms with Gasteiger partial charge in [0.05, 0.1) is 5.41 Å². The van der Waals surface area contributed by atoms with Crippen molar-refractivity contribution in [2.45, 2.75) is 32.1 Å². The summed E-state index contributed by atoms with van der Waals surface area (Å²) in [6.45, 7) is 2.90. The minimum atomic E-state index is -0.606. The molecule has 4 heteroatoms. The maximum absolute atomic E-state index is 12.9. The Balaban J connectivity index is 1.90. The molecule has 0 spiro atoms. The first kappa shape index (κ1) is 24.7. The lowest BCUT2D eigenvalue weighted by molar-refractivity contribution is -0.116. The van der Waals surface area contributed by atoms with Crippen LogP contribution in [0.4, 0.5) is 0 Å². The van der Waals surface area contributed by atoms with Gasteiger partial charge in [-0.2, -0.15) is 0 Å². The molecule has 1 aliphatic carbocycles. The van der Waals surface area contributed by atoms with Crippen molar-refractivity contribution in [3.8, 4) is 0 Å². The zero-order valence-corrected chi connectivity index (χ0v) is 21.2. The second kappa shape index (κ2) is 10.9. The van der Waals surface area contributed by atoms with E-state index in [4.69, 9.17) is 23.2 Å². The highest BCUT2D eigenvalue weighted by molar-refractivity contribution is 6.32. The van der Waals surface area contributed by atoms with E-state index in [1.165, 1.54) is 17.4 Å². The fourth-order valence-corrected chi connectivity index (χ4v) is 5.76. The minimum absolute atomic E-state index is 0.128. The largest absolute Gasteiger partial charge is 0.320 e. The number of carbonyl (C=O) groups is 1. The third-order valence-electron chi connectivity index (χ3n) is 7.10. The number of carbonyl (C=O) groups excluding carboxylic acids is 1. The van der Waals surface area contributed by atoms with E-state index < -0.39 is 5.41 Å². The van der Waals surface area contributed by atoms with Gasteiger partial charge in [0.2, 0.25) is 0 Å². The standard InChI is InChI=1S/C30H31Cl2NO/c1-21-8-13-26(29(32)16-21)28-19-30(20-34,18-22-6-4-3-5-7-22)24(14-15-33-2)17-27(28)23-9-11-25(31)12-10-23/h3-13,16,19-20,24,27,33H,14-15,17-18H2,1-2H3.